The van der Waals surface area contributed by atoms with Gasteiger partial charge in [0.1, 0.15) is 9.84 Å². The third kappa shape index (κ3) is 11.2. The zero-order valence-electron chi connectivity index (χ0n) is 12.9. The molecule has 0 aromatic heterocycles. The van der Waals surface area contributed by atoms with Crippen molar-refractivity contribution in [3.63, 3.8) is 0 Å². The number of aliphatic carboxylic acids is 1. The fraction of sp³-hybridized carbons (Fsp3) is 0.846. The molecule has 0 aliphatic rings. The lowest BCUT2D eigenvalue weighted by atomic mass is 9.84. The van der Waals surface area contributed by atoms with Gasteiger partial charge in [-0.05, 0) is 24.7 Å². The SMILES string of the molecule is CC(C)(CCNC(=O)C(N)CCS(C)(=O)=O)CCC(=O)O. The molecule has 0 bridgehead atoms. The number of nitrogens with one attached hydrogen (secondary N) is 1. The molecule has 1 amide bonds. The maximum Gasteiger partial charge on any atom is 0.303 e. The van der Waals surface area contributed by atoms with E-state index in [1.807, 2.05) is 13.8 Å². The Morgan fingerprint density at radius 1 is 1.29 bits per heavy atom. The van der Waals surface area contributed by atoms with Crippen LogP contribution in [0.2, 0.25) is 0 Å². The molecule has 8 heteroatoms. The van der Waals surface area contributed by atoms with Gasteiger partial charge in [-0.15, -0.1) is 0 Å². The average Bonchev–Trinajstić information content (AvgIpc) is 2.32. The Hall–Kier alpha value is -1.15. The second-order valence-corrected chi connectivity index (χ2v) is 8.38. The standard InChI is InChI=1S/C13H26N2O5S/c1-13(2,6-4-11(16)17)7-8-15-12(18)10(14)5-9-21(3,19)20/h10H,4-9,14H2,1-3H3,(H,15,18)(H,16,17). The van der Waals surface area contributed by atoms with Crippen LogP contribution in [0.1, 0.15) is 39.5 Å². The molecule has 0 saturated heterocycles. The Bertz CT molecular complexity index is 459. The third-order valence-corrected chi connectivity index (χ3v) is 4.23. The molecule has 21 heavy (non-hydrogen) atoms. The molecule has 0 heterocycles. The number of carboxylic acid groups (broad SMARTS) is 1. The summed E-state index contributed by atoms with van der Waals surface area (Å²) in [7, 11) is -3.13. The Morgan fingerprint density at radius 2 is 1.86 bits per heavy atom. The van der Waals surface area contributed by atoms with E-state index in [9.17, 15) is 18.0 Å². The predicted molar refractivity (Wildman–Crippen MR) is 80.6 cm³/mol. The minimum absolute atomic E-state index is 0.0904. The van der Waals surface area contributed by atoms with Crippen LogP contribution in [0.3, 0.4) is 0 Å². The normalized spacial score (nSPS) is 13.7. The highest BCUT2D eigenvalue weighted by atomic mass is 32.2. The lowest BCUT2D eigenvalue weighted by Crippen LogP contribution is -2.42. The molecule has 0 fully saturated rings. The first kappa shape index (κ1) is 19.9. The van der Waals surface area contributed by atoms with E-state index in [-0.39, 0.29) is 29.9 Å². The van der Waals surface area contributed by atoms with Crippen LogP contribution in [0, 0.1) is 5.41 Å². The monoisotopic (exact) mass is 322 g/mol. The minimum atomic E-state index is -3.13. The van der Waals surface area contributed by atoms with Crippen molar-refractivity contribution < 1.29 is 23.1 Å². The van der Waals surface area contributed by atoms with Crippen LogP contribution in [-0.2, 0) is 19.4 Å². The fourth-order valence-electron chi connectivity index (χ4n) is 1.70. The summed E-state index contributed by atoms with van der Waals surface area (Å²) in [6.45, 7) is 4.26. The van der Waals surface area contributed by atoms with E-state index < -0.39 is 21.8 Å². The van der Waals surface area contributed by atoms with Crippen molar-refractivity contribution in [3.05, 3.63) is 0 Å². The molecule has 0 rings (SSSR count). The number of sulfone groups is 1. The summed E-state index contributed by atoms with van der Waals surface area (Å²) in [5, 5.41) is 11.3. The van der Waals surface area contributed by atoms with Crippen LogP contribution in [0.4, 0.5) is 0 Å². The molecule has 0 aliphatic carbocycles. The number of nitrogens with two attached hydrogens (primary N) is 1. The summed E-state index contributed by atoms with van der Waals surface area (Å²) in [6, 6.07) is -0.846. The van der Waals surface area contributed by atoms with Crippen molar-refractivity contribution in [1.29, 1.82) is 0 Å². The molecule has 1 unspecified atom stereocenters. The van der Waals surface area contributed by atoms with Crippen molar-refractivity contribution in [2.45, 2.75) is 45.6 Å². The van der Waals surface area contributed by atoms with Crippen LogP contribution in [0.25, 0.3) is 0 Å². The molecule has 1 atom stereocenters. The number of rotatable bonds is 10. The number of carboxylic acids is 1. The quantitative estimate of drug-likeness (QED) is 0.525. The molecule has 0 aromatic rings. The summed E-state index contributed by atoms with van der Waals surface area (Å²) in [5.74, 6) is -1.34. The third-order valence-electron chi connectivity index (χ3n) is 3.25. The maximum atomic E-state index is 11.7. The predicted octanol–water partition coefficient (Wildman–Crippen LogP) is 0.146. The fourth-order valence-corrected chi connectivity index (χ4v) is 2.38. The van der Waals surface area contributed by atoms with E-state index in [2.05, 4.69) is 5.32 Å². The number of hydrogen-bond acceptors (Lipinski definition) is 5. The zero-order valence-corrected chi connectivity index (χ0v) is 13.7. The lowest BCUT2D eigenvalue weighted by Gasteiger charge is -2.24. The summed E-state index contributed by atoms with van der Waals surface area (Å²) in [5.41, 5.74) is 5.43. The van der Waals surface area contributed by atoms with E-state index in [4.69, 9.17) is 10.8 Å². The van der Waals surface area contributed by atoms with Crippen LogP contribution >= 0.6 is 0 Å². The van der Waals surface area contributed by atoms with Crippen molar-refractivity contribution in [3.8, 4) is 0 Å². The average molecular weight is 322 g/mol. The summed E-state index contributed by atoms with van der Waals surface area (Å²) >= 11 is 0. The van der Waals surface area contributed by atoms with E-state index in [0.717, 1.165) is 6.26 Å². The number of amides is 1. The van der Waals surface area contributed by atoms with Gasteiger partial charge in [0.05, 0.1) is 11.8 Å². The van der Waals surface area contributed by atoms with Crippen molar-refractivity contribution in [2.24, 2.45) is 11.1 Å². The van der Waals surface area contributed by atoms with Crippen molar-refractivity contribution >= 4 is 21.7 Å². The molecule has 0 radical (unpaired) electrons. The maximum absolute atomic E-state index is 11.7. The summed E-state index contributed by atoms with van der Waals surface area (Å²) < 4.78 is 22.0. The van der Waals surface area contributed by atoms with Crippen LogP contribution in [0.15, 0.2) is 0 Å². The van der Waals surface area contributed by atoms with Crippen molar-refractivity contribution in [2.75, 3.05) is 18.6 Å². The first-order valence-electron chi connectivity index (χ1n) is 6.86. The molecule has 4 N–H and O–H groups in total. The van der Waals surface area contributed by atoms with E-state index in [1.54, 1.807) is 0 Å². The smallest absolute Gasteiger partial charge is 0.303 e. The van der Waals surface area contributed by atoms with Gasteiger partial charge in [0.15, 0.2) is 0 Å². The number of carbonyl (C=O) groups excluding carboxylic acids is 1. The zero-order chi connectivity index (χ0) is 16.7. The molecule has 7 nitrogen and oxygen atoms in total. The Morgan fingerprint density at radius 3 is 2.33 bits per heavy atom. The van der Waals surface area contributed by atoms with Gasteiger partial charge in [0, 0.05) is 19.2 Å². The molecule has 0 aliphatic heterocycles. The van der Waals surface area contributed by atoms with Gasteiger partial charge >= 0.3 is 5.97 Å². The second kappa shape index (κ2) is 8.33. The summed E-state index contributed by atoms with van der Waals surface area (Å²) in [4.78, 5) is 22.2. The number of carbonyl (C=O) groups is 2. The Labute approximate surface area is 126 Å². The molecule has 0 aromatic carbocycles. The molecule has 0 spiro atoms. The van der Waals surface area contributed by atoms with Crippen LogP contribution in [-0.4, -0.2) is 50.0 Å². The van der Waals surface area contributed by atoms with E-state index in [0.29, 0.717) is 19.4 Å². The largest absolute Gasteiger partial charge is 0.481 e. The Kier molecular flexibility index (Phi) is 7.87. The number of hydrogen-bond donors (Lipinski definition) is 3. The van der Waals surface area contributed by atoms with Gasteiger partial charge in [0.25, 0.3) is 0 Å². The van der Waals surface area contributed by atoms with E-state index >= 15 is 0 Å². The summed E-state index contributed by atoms with van der Waals surface area (Å²) in [6.07, 6.45) is 2.44. The van der Waals surface area contributed by atoms with Gasteiger partial charge in [-0.1, -0.05) is 13.8 Å². The van der Waals surface area contributed by atoms with Crippen molar-refractivity contribution in [1.82, 2.24) is 5.32 Å². The van der Waals surface area contributed by atoms with Gasteiger partial charge in [-0.3, -0.25) is 9.59 Å². The highest BCUT2D eigenvalue weighted by Gasteiger charge is 2.20. The highest BCUT2D eigenvalue weighted by Crippen LogP contribution is 2.25. The van der Waals surface area contributed by atoms with E-state index in [1.165, 1.54) is 0 Å². The van der Waals surface area contributed by atoms with Gasteiger partial charge in [-0.25, -0.2) is 8.42 Å². The van der Waals surface area contributed by atoms with Crippen LogP contribution in [0.5, 0.6) is 0 Å². The molecular formula is C13H26N2O5S. The van der Waals surface area contributed by atoms with Gasteiger partial charge < -0.3 is 16.2 Å². The molecule has 0 saturated carbocycles. The van der Waals surface area contributed by atoms with Gasteiger partial charge in [0.2, 0.25) is 5.91 Å². The molecule has 124 valence electrons. The Balaban J connectivity index is 4.05. The topological polar surface area (TPSA) is 127 Å². The molecular weight excluding hydrogens is 296 g/mol. The lowest BCUT2D eigenvalue weighted by molar-refractivity contribution is -0.137. The first-order valence-corrected chi connectivity index (χ1v) is 8.92. The highest BCUT2D eigenvalue weighted by molar-refractivity contribution is 7.90. The first-order chi connectivity index (χ1) is 9.43. The van der Waals surface area contributed by atoms with Gasteiger partial charge in [-0.2, -0.15) is 0 Å². The minimum Gasteiger partial charge on any atom is -0.481 e. The second-order valence-electron chi connectivity index (χ2n) is 6.12. The van der Waals surface area contributed by atoms with Crippen LogP contribution < -0.4 is 11.1 Å².